The summed E-state index contributed by atoms with van der Waals surface area (Å²) in [5.41, 5.74) is 1.22. The molecule has 3 nitrogen and oxygen atoms in total. The van der Waals surface area contributed by atoms with Crippen molar-refractivity contribution in [3.05, 3.63) is 35.7 Å². The van der Waals surface area contributed by atoms with E-state index in [1.807, 2.05) is 6.92 Å². The summed E-state index contributed by atoms with van der Waals surface area (Å²) in [6.45, 7) is 2.02. The van der Waals surface area contributed by atoms with Gasteiger partial charge >= 0.3 is 5.97 Å². The van der Waals surface area contributed by atoms with Gasteiger partial charge in [-0.2, -0.15) is 0 Å². The second-order valence-electron chi connectivity index (χ2n) is 3.96. The lowest BCUT2D eigenvalue weighted by Gasteiger charge is -2.08. The number of carbonyl (C=O) groups is 1. The molecule has 0 unspecified atom stereocenters. The van der Waals surface area contributed by atoms with Gasteiger partial charge in [0.15, 0.2) is 11.6 Å². The molecule has 0 saturated heterocycles. The lowest BCUT2D eigenvalue weighted by molar-refractivity contribution is -0.131. The molecule has 18 heavy (non-hydrogen) atoms. The number of unbranched alkanes of at least 4 members (excludes halogenated alkanes) is 1. The molecule has 0 aliphatic rings. The fourth-order valence-corrected chi connectivity index (χ4v) is 1.68. The van der Waals surface area contributed by atoms with Gasteiger partial charge in [0.05, 0.1) is 7.11 Å². The molecular weight excluding hydrogens is 235 g/mol. The molecule has 0 saturated carbocycles. The minimum Gasteiger partial charge on any atom is -0.494 e. The Morgan fingerprint density at radius 2 is 2.22 bits per heavy atom. The van der Waals surface area contributed by atoms with Crippen LogP contribution in [0.3, 0.4) is 0 Å². The van der Waals surface area contributed by atoms with E-state index in [1.54, 1.807) is 6.07 Å². The van der Waals surface area contributed by atoms with Crippen LogP contribution in [0, 0.1) is 5.82 Å². The van der Waals surface area contributed by atoms with Gasteiger partial charge in [-0.25, -0.2) is 9.18 Å². The number of rotatable bonds is 6. The van der Waals surface area contributed by atoms with E-state index in [1.165, 1.54) is 19.2 Å². The van der Waals surface area contributed by atoms with Crippen LogP contribution in [0.4, 0.5) is 4.39 Å². The van der Waals surface area contributed by atoms with E-state index in [4.69, 9.17) is 9.84 Å². The minimum atomic E-state index is -1.02. The van der Waals surface area contributed by atoms with Crippen LogP contribution >= 0.6 is 0 Å². The summed E-state index contributed by atoms with van der Waals surface area (Å²) in [6.07, 6.45) is 3.58. The largest absolute Gasteiger partial charge is 0.494 e. The Hall–Kier alpha value is -1.84. The first-order chi connectivity index (χ1) is 8.58. The van der Waals surface area contributed by atoms with Crippen molar-refractivity contribution in [3.63, 3.8) is 0 Å². The second kappa shape index (κ2) is 6.79. The highest BCUT2D eigenvalue weighted by Gasteiger charge is 2.08. The summed E-state index contributed by atoms with van der Waals surface area (Å²) in [5, 5.41) is 8.82. The smallest absolute Gasteiger partial charge is 0.328 e. The Bertz CT molecular complexity index is 452. The molecule has 0 spiro atoms. The Morgan fingerprint density at radius 1 is 1.50 bits per heavy atom. The molecule has 0 bridgehead atoms. The number of hydrogen-bond acceptors (Lipinski definition) is 2. The first kappa shape index (κ1) is 14.2. The molecular formula is C14H17FO3. The van der Waals surface area contributed by atoms with E-state index in [-0.39, 0.29) is 5.75 Å². The SMILES string of the molecule is CCCC/C(=C\C(=O)O)c1ccc(OC)c(F)c1. The summed E-state index contributed by atoms with van der Waals surface area (Å²) < 4.78 is 18.4. The van der Waals surface area contributed by atoms with E-state index >= 15 is 0 Å². The third-order valence-corrected chi connectivity index (χ3v) is 2.62. The lowest BCUT2D eigenvalue weighted by Crippen LogP contribution is -1.95. The molecule has 4 heteroatoms. The highest BCUT2D eigenvalue weighted by Crippen LogP contribution is 2.25. The molecule has 1 rings (SSSR count). The molecule has 1 aromatic rings. The van der Waals surface area contributed by atoms with Gasteiger partial charge in [-0.1, -0.05) is 19.4 Å². The molecule has 0 radical (unpaired) electrons. The van der Waals surface area contributed by atoms with Crippen molar-refractivity contribution in [1.82, 2.24) is 0 Å². The third kappa shape index (κ3) is 3.87. The quantitative estimate of drug-likeness (QED) is 0.788. The van der Waals surface area contributed by atoms with Crippen LogP contribution < -0.4 is 4.74 Å². The zero-order valence-corrected chi connectivity index (χ0v) is 10.6. The Morgan fingerprint density at radius 3 is 2.72 bits per heavy atom. The number of aliphatic carboxylic acids is 1. The van der Waals surface area contributed by atoms with E-state index in [0.717, 1.165) is 18.9 Å². The van der Waals surface area contributed by atoms with Gasteiger partial charge in [0.1, 0.15) is 0 Å². The van der Waals surface area contributed by atoms with Crippen LogP contribution in [-0.2, 0) is 4.79 Å². The molecule has 0 aliphatic carbocycles. The lowest BCUT2D eigenvalue weighted by atomic mass is 9.99. The molecule has 0 amide bonds. The summed E-state index contributed by atoms with van der Waals surface area (Å²) in [7, 11) is 1.39. The van der Waals surface area contributed by atoms with E-state index in [2.05, 4.69) is 0 Å². The number of benzene rings is 1. The number of methoxy groups -OCH3 is 1. The van der Waals surface area contributed by atoms with Crippen molar-refractivity contribution in [2.45, 2.75) is 26.2 Å². The maximum atomic E-state index is 13.6. The van der Waals surface area contributed by atoms with E-state index in [9.17, 15) is 9.18 Å². The van der Waals surface area contributed by atoms with Gasteiger partial charge in [0.2, 0.25) is 0 Å². The average molecular weight is 252 g/mol. The van der Waals surface area contributed by atoms with Crippen molar-refractivity contribution in [2.75, 3.05) is 7.11 Å². The van der Waals surface area contributed by atoms with Gasteiger partial charge in [-0.05, 0) is 36.1 Å². The normalized spacial score (nSPS) is 11.4. The number of allylic oxidation sites excluding steroid dienone is 1. The molecule has 0 aliphatic heterocycles. The zero-order chi connectivity index (χ0) is 13.5. The summed E-state index contributed by atoms with van der Waals surface area (Å²) in [6, 6.07) is 4.49. The summed E-state index contributed by atoms with van der Waals surface area (Å²) >= 11 is 0. The Labute approximate surface area is 106 Å². The van der Waals surface area contributed by atoms with Crippen LogP contribution in [0.2, 0.25) is 0 Å². The summed E-state index contributed by atoms with van der Waals surface area (Å²) in [4.78, 5) is 10.8. The van der Waals surface area contributed by atoms with Crippen LogP contribution in [0.25, 0.3) is 5.57 Å². The van der Waals surface area contributed by atoms with Gasteiger partial charge in [-0.3, -0.25) is 0 Å². The molecule has 0 atom stereocenters. The van der Waals surface area contributed by atoms with Crippen LogP contribution in [0.5, 0.6) is 5.75 Å². The van der Waals surface area contributed by atoms with Gasteiger partial charge in [-0.15, -0.1) is 0 Å². The first-order valence-electron chi connectivity index (χ1n) is 5.86. The monoisotopic (exact) mass is 252 g/mol. The number of ether oxygens (including phenoxy) is 1. The van der Waals surface area contributed by atoms with Gasteiger partial charge in [0.25, 0.3) is 0 Å². The fourth-order valence-electron chi connectivity index (χ4n) is 1.68. The predicted octanol–water partition coefficient (Wildman–Crippen LogP) is 3.49. The predicted molar refractivity (Wildman–Crippen MR) is 68.1 cm³/mol. The standard InChI is InChI=1S/C14H17FO3/c1-3-4-5-10(9-14(16)17)11-6-7-13(18-2)12(15)8-11/h6-9H,3-5H2,1-2H3,(H,16,17)/b10-9+. The van der Waals surface area contributed by atoms with Crippen LogP contribution in [0.15, 0.2) is 24.3 Å². The third-order valence-electron chi connectivity index (χ3n) is 2.62. The maximum Gasteiger partial charge on any atom is 0.328 e. The second-order valence-corrected chi connectivity index (χ2v) is 3.96. The van der Waals surface area contributed by atoms with E-state index in [0.29, 0.717) is 17.6 Å². The van der Waals surface area contributed by atoms with Crippen molar-refractivity contribution in [3.8, 4) is 5.75 Å². The Kier molecular flexibility index (Phi) is 5.36. The fraction of sp³-hybridized carbons (Fsp3) is 0.357. The van der Waals surface area contributed by atoms with Gasteiger partial charge < -0.3 is 9.84 Å². The molecule has 0 heterocycles. The molecule has 1 N–H and O–H groups in total. The number of carboxylic acid groups (broad SMARTS) is 1. The number of halogens is 1. The first-order valence-corrected chi connectivity index (χ1v) is 5.86. The molecule has 1 aromatic carbocycles. The van der Waals surface area contributed by atoms with Crippen molar-refractivity contribution in [1.29, 1.82) is 0 Å². The molecule has 0 aromatic heterocycles. The molecule has 98 valence electrons. The maximum absolute atomic E-state index is 13.6. The topological polar surface area (TPSA) is 46.5 Å². The van der Waals surface area contributed by atoms with E-state index < -0.39 is 11.8 Å². The number of carboxylic acids is 1. The van der Waals surface area contributed by atoms with Crippen LogP contribution in [-0.4, -0.2) is 18.2 Å². The van der Waals surface area contributed by atoms with Crippen molar-refractivity contribution >= 4 is 11.5 Å². The number of hydrogen-bond donors (Lipinski definition) is 1. The highest BCUT2D eigenvalue weighted by molar-refractivity contribution is 5.90. The minimum absolute atomic E-state index is 0.156. The van der Waals surface area contributed by atoms with Crippen molar-refractivity contribution < 1.29 is 19.0 Å². The van der Waals surface area contributed by atoms with Gasteiger partial charge in [0, 0.05) is 6.08 Å². The van der Waals surface area contributed by atoms with Crippen LogP contribution in [0.1, 0.15) is 31.7 Å². The van der Waals surface area contributed by atoms with Crippen molar-refractivity contribution in [2.24, 2.45) is 0 Å². The summed E-state index contributed by atoms with van der Waals surface area (Å²) in [5.74, 6) is -1.34. The highest BCUT2D eigenvalue weighted by atomic mass is 19.1. The average Bonchev–Trinajstić information content (AvgIpc) is 2.34. The zero-order valence-electron chi connectivity index (χ0n) is 10.6. The Balaban J connectivity index is 3.05. The molecule has 0 fully saturated rings.